The quantitative estimate of drug-likeness (QED) is 0.373. The number of aryl methyl sites for hydroxylation is 1. The van der Waals surface area contributed by atoms with Gasteiger partial charge in [0.15, 0.2) is 5.78 Å². The SMILES string of the molecule is C=CCNCC(O)COc1ccsc1C(=O)CCc1ccccc1. The molecule has 2 aromatic rings. The zero-order valence-electron chi connectivity index (χ0n) is 13.6. The number of benzene rings is 1. The average Bonchev–Trinajstić information content (AvgIpc) is 3.08. The van der Waals surface area contributed by atoms with Crippen molar-refractivity contribution in [3.8, 4) is 5.75 Å². The van der Waals surface area contributed by atoms with Gasteiger partial charge in [-0.05, 0) is 23.4 Å². The minimum Gasteiger partial charge on any atom is -0.489 e. The van der Waals surface area contributed by atoms with E-state index in [4.69, 9.17) is 4.74 Å². The van der Waals surface area contributed by atoms with Crippen LogP contribution in [0.5, 0.6) is 5.75 Å². The maximum atomic E-state index is 12.4. The molecule has 1 aromatic carbocycles. The molecule has 2 N–H and O–H groups in total. The fourth-order valence-electron chi connectivity index (χ4n) is 2.23. The maximum Gasteiger partial charge on any atom is 0.176 e. The fraction of sp³-hybridized carbons (Fsp3) is 0.316. The Hall–Kier alpha value is -1.95. The summed E-state index contributed by atoms with van der Waals surface area (Å²) in [6.07, 6.45) is 2.27. The molecule has 0 saturated carbocycles. The monoisotopic (exact) mass is 345 g/mol. The molecule has 0 fully saturated rings. The first kappa shape index (κ1) is 18.4. The Morgan fingerprint density at radius 3 is 2.88 bits per heavy atom. The molecule has 2 rings (SSSR count). The van der Waals surface area contributed by atoms with Gasteiger partial charge in [-0.3, -0.25) is 4.79 Å². The van der Waals surface area contributed by atoms with Crippen molar-refractivity contribution in [2.45, 2.75) is 18.9 Å². The lowest BCUT2D eigenvalue weighted by Gasteiger charge is -2.12. The molecule has 0 radical (unpaired) electrons. The Balaban J connectivity index is 1.82. The van der Waals surface area contributed by atoms with Crippen LogP contribution in [0.2, 0.25) is 0 Å². The van der Waals surface area contributed by atoms with Crippen molar-refractivity contribution in [1.29, 1.82) is 0 Å². The summed E-state index contributed by atoms with van der Waals surface area (Å²) in [5.74, 6) is 0.629. The molecule has 24 heavy (non-hydrogen) atoms. The van der Waals surface area contributed by atoms with Crippen molar-refractivity contribution in [2.24, 2.45) is 0 Å². The molecule has 4 nitrogen and oxygen atoms in total. The molecule has 0 saturated heterocycles. The average molecular weight is 345 g/mol. The van der Waals surface area contributed by atoms with Crippen molar-refractivity contribution in [3.05, 3.63) is 64.9 Å². The van der Waals surface area contributed by atoms with Gasteiger partial charge in [0.05, 0.1) is 0 Å². The lowest BCUT2D eigenvalue weighted by molar-refractivity contribution is 0.0958. The number of aliphatic hydroxyl groups excluding tert-OH is 1. The summed E-state index contributed by atoms with van der Waals surface area (Å²) in [7, 11) is 0. The highest BCUT2D eigenvalue weighted by Gasteiger charge is 2.15. The van der Waals surface area contributed by atoms with Gasteiger partial charge in [0, 0.05) is 19.5 Å². The zero-order valence-corrected chi connectivity index (χ0v) is 14.4. The highest BCUT2D eigenvalue weighted by atomic mass is 32.1. The van der Waals surface area contributed by atoms with Crippen molar-refractivity contribution in [3.63, 3.8) is 0 Å². The number of rotatable bonds is 11. The van der Waals surface area contributed by atoms with Gasteiger partial charge in [-0.25, -0.2) is 0 Å². The molecule has 1 aromatic heterocycles. The Labute approximate surface area is 146 Å². The third kappa shape index (κ3) is 5.92. The van der Waals surface area contributed by atoms with Crippen LogP contribution in [-0.4, -0.2) is 36.7 Å². The number of carbonyl (C=O) groups is 1. The van der Waals surface area contributed by atoms with Crippen LogP contribution in [0, 0.1) is 0 Å². The van der Waals surface area contributed by atoms with Crippen molar-refractivity contribution in [2.75, 3.05) is 19.7 Å². The van der Waals surface area contributed by atoms with Gasteiger partial charge in [0.1, 0.15) is 23.3 Å². The maximum absolute atomic E-state index is 12.4. The summed E-state index contributed by atoms with van der Waals surface area (Å²) in [5, 5.41) is 14.7. The van der Waals surface area contributed by atoms with Crippen molar-refractivity contribution >= 4 is 17.1 Å². The summed E-state index contributed by atoms with van der Waals surface area (Å²) in [6, 6.07) is 11.7. The van der Waals surface area contributed by atoms with E-state index >= 15 is 0 Å². The number of carbonyl (C=O) groups excluding carboxylic acids is 1. The minimum atomic E-state index is -0.628. The second kappa shape index (κ2) is 10.0. The van der Waals surface area contributed by atoms with Gasteiger partial charge in [-0.2, -0.15) is 0 Å². The van der Waals surface area contributed by atoms with Gasteiger partial charge >= 0.3 is 0 Å². The second-order valence-electron chi connectivity index (χ2n) is 5.43. The first-order chi connectivity index (χ1) is 11.7. The van der Waals surface area contributed by atoms with Crippen LogP contribution in [0.25, 0.3) is 0 Å². The molecule has 1 atom stereocenters. The third-order valence-corrected chi connectivity index (χ3v) is 4.40. The van der Waals surface area contributed by atoms with E-state index in [0.717, 1.165) is 5.56 Å². The largest absolute Gasteiger partial charge is 0.489 e. The highest BCUT2D eigenvalue weighted by molar-refractivity contribution is 7.12. The number of thiophene rings is 1. The molecule has 0 bridgehead atoms. The molecule has 128 valence electrons. The van der Waals surface area contributed by atoms with Crippen LogP contribution in [0.3, 0.4) is 0 Å². The lowest BCUT2D eigenvalue weighted by atomic mass is 10.1. The molecule has 0 spiro atoms. The normalized spacial score (nSPS) is 11.9. The van der Waals surface area contributed by atoms with Gasteiger partial charge in [-0.1, -0.05) is 36.4 Å². The predicted molar refractivity (Wildman–Crippen MR) is 98.0 cm³/mol. The first-order valence-electron chi connectivity index (χ1n) is 7.97. The number of hydrogen-bond acceptors (Lipinski definition) is 5. The van der Waals surface area contributed by atoms with E-state index in [2.05, 4.69) is 11.9 Å². The molecule has 1 unspecified atom stereocenters. The van der Waals surface area contributed by atoms with Crippen LogP contribution in [-0.2, 0) is 6.42 Å². The summed E-state index contributed by atoms with van der Waals surface area (Å²) in [6.45, 7) is 4.82. The van der Waals surface area contributed by atoms with E-state index in [9.17, 15) is 9.90 Å². The number of aliphatic hydroxyl groups is 1. The molecule has 1 heterocycles. The molecule has 0 aliphatic rings. The van der Waals surface area contributed by atoms with Crippen LogP contribution in [0.15, 0.2) is 54.4 Å². The van der Waals surface area contributed by atoms with Gasteiger partial charge in [0.25, 0.3) is 0 Å². The van der Waals surface area contributed by atoms with Crippen molar-refractivity contribution < 1.29 is 14.6 Å². The molecular formula is C19H23NO3S. The van der Waals surface area contributed by atoms with E-state index in [0.29, 0.717) is 36.6 Å². The van der Waals surface area contributed by atoms with Gasteiger partial charge in [-0.15, -0.1) is 17.9 Å². The molecule has 5 heteroatoms. The van der Waals surface area contributed by atoms with E-state index in [1.54, 1.807) is 12.1 Å². The van der Waals surface area contributed by atoms with Crippen LogP contribution in [0.4, 0.5) is 0 Å². The summed E-state index contributed by atoms with van der Waals surface area (Å²) >= 11 is 1.38. The lowest BCUT2D eigenvalue weighted by Crippen LogP contribution is -2.31. The van der Waals surface area contributed by atoms with E-state index in [1.807, 2.05) is 35.7 Å². The summed E-state index contributed by atoms with van der Waals surface area (Å²) in [4.78, 5) is 13.0. The standard InChI is InChI=1S/C19H23NO3S/c1-2-11-20-13-16(21)14-23-18-10-12-24-19(18)17(22)9-8-15-6-4-3-5-7-15/h2-7,10,12,16,20-21H,1,8-9,11,13-14H2. The third-order valence-electron chi connectivity index (χ3n) is 3.47. The molecule has 0 amide bonds. The zero-order chi connectivity index (χ0) is 17.2. The molecular weight excluding hydrogens is 322 g/mol. The predicted octanol–water partition coefficient (Wildman–Crippen LogP) is 3.08. The minimum absolute atomic E-state index is 0.0723. The van der Waals surface area contributed by atoms with Crippen LogP contribution in [0.1, 0.15) is 21.7 Å². The van der Waals surface area contributed by atoms with Crippen LogP contribution < -0.4 is 10.1 Å². The highest BCUT2D eigenvalue weighted by Crippen LogP contribution is 2.27. The fourth-order valence-corrected chi connectivity index (χ4v) is 3.03. The molecule has 0 aliphatic carbocycles. The van der Waals surface area contributed by atoms with E-state index in [1.165, 1.54) is 11.3 Å². The van der Waals surface area contributed by atoms with Crippen LogP contribution >= 0.6 is 11.3 Å². The van der Waals surface area contributed by atoms with E-state index < -0.39 is 6.10 Å². The summed E-state index contributed by atoms with van der Waals surface area (Å²) < 4.78 is 5.62. The number of hydrogen-bond donors (Lipinski definition) is 2. The topological polar surface area (TPSA) is 58.6 Å². The number of Topliss-reactive ketones (excluding diaryl/α,β-unsaturated/α-hetero) is 1. The van der Waals surface area contributed by atoms with Crippen molar-refractivity contribution in [1.82, 2.24) is 5.32 Å². The summed E-state index contributed by atoms with van der Waals surface area (Å²) in [5.41, 5.74) is 1.15. The Morgan fingerprint density at radius 1 is 1.33 bits per heavy atom. The first-order valence-corrected chi connectivity index (χ1v) is 8.85. The van der Waals surface area contributed by atoms with E-state index in [-0.39, 0.29) is 12.4 Å². The molecule has 0 aliphatic heterocycles. The second-order valence-corrected chi connectivity index (χ2v) is 6.35. The number of ketones is 1. The smallest absolute Gasteiger partial charge is 0.176 e. The Morgan fingerprint density at radius 2 is 2.12 bits per heavy atom. The number of ether oxygens (including phenoxy) is 1. The Kier molecular flexibility index (Phi) is 7.68. The number of nitrogens with one attached hydrogen (secondary N) is 1. The van der Waals surface area contributed by atoms with Gasteiger partial charge < -0.3 is 15.2 Å². The Bertz CT molecular complexity index is 639. The van der Waals surface area contributed by atoms with Gasteiger partial charge in [0.2, 0.25) is 0 Å².